The number of aromatic nitrogens is 1. The summed E-state index contributed by atoms with van der Waals surface area (Å²) in [6, 6.07) is 11.2. The number of nitrogens with one attached hydrogen (secondary N) is 1. The van der Waals surface area contributed by atoms with E-state index in [4.69, 9.17) is 4.42 Å². The maximum Gasteiger partial charge on any atom is 0.257 e. The van der Waals surface area contributed by atoms with E-state index in [1.54, 1.807) is 6.26 Å². The molecule has 3 aromatic rings. The normalized spacial score (nSPS) is 13.6. The molecule has 1 fully saturated rings. The van der Waals surface area contributed by atoms with E-state index in [2.05, 4.69) is 9.88 Å². The van der Waals surface area contributed by atoms with Crippen molar-refractivity contribution in [2.24, 2.45) is 0 Å². The molecule has 30 heavy (non-hydrogen) atoms. The third-order valence-electron chi connectivity index (χ3n) is 5.92. The average Bonchev–Trinajstić information content (AvgIpc) is 3.48. The van der Waals surface area contributed by atoms with Gasteiger partial charge in [-0.1, -0.05) is 6.07 Å². The minimum Gasteiger partial charge on any atom is -0.467 e. The SMILES string of the molecule is Cc1c(NC(=O)c2cc(C)n(Cc3ccco3)c2C)cccc1C(=O)N1CCCC1. The monoisotopic (exact) mass is 405 g/mol. The Morgan fingerprint density at radius 1 is 1.03 bits per heavy atom. The van der Waals surface area contributed by atoms with Gasteiger partial charge in [0.15, 0.2) is 0 Å². The highest BCUT2D eigenvalue weighted by atomic mass is 16.3. The second-order valence-electron chi connectivity index (χ2n) is 7.88. The van der Waals surface area contributed by atoms with E-state index >= 15 is 0 Å². The molecule has 0 unspecified atom stereocenters. The van der Waals surface area contributed by atoms with Crippen LogP contribution >= 0.6 is 0 Å². The zero-order chi connectivity index (χ0) is 21.3. The summed E-state index contributed by atoms with van der Waals surface area (Å²) in [5.41, 5.74) is 4.60. The molecule has 6 heteroatoms. The number of anilines is 1. The molecule has 2 aromatic heterocycles. The predicted molar refractivity (Wildman–Crippen MR) is 116 cm³/mol. The molecule has 1 aliphatic heterocycles. The predicted octanol–water partition coefficient (Wildman–Crippen LogP) is 4.54. The first-order valence-corrected chi connectivity index (χ1v) is 10.3. The average molecular weight is 405 g/mol. The first kappa shape index (κ1) is 20.0. The molecule has 0 atom stereocenters. The number of carbonyl (C=O) groups excluding carboxylic acids is 2. The van der Waals surface area contributed by atoms with Gasteiger partial charge in [-0.05, 0) is 69.5 Å². The minimum atomic E-state index is -0.178. The van der Waals surface area contributed by atoms with Gasteiger partial charge in [0.25, 0.3) is 11.8 Å². The summed E-state index contributed by atoms with van der Waals surface area (Å²) in [7, 11) is 0. The van der Waals surface area contributed by atoms with Crippen LogP contribution in [0.1, 0.15) is 56.3 Å². The van der Waals surface area contributed by atoms with E-state index in [-0.39, 0.29) is 11.8 Å². The van der Waals surface area contributed by atoms with Gasteiger partial charge in [-0.25, -0.2) is 0 Å². The number of benzene rings is 1. The molecule has 3 heterocycles. The van der Waals surface area contributed by atoms with E-state index in [0.717, 1.165) is 48.6 Å². The molecule has 1 N–H and O–H groups in total. The van der Waals surface area contributed by atoms with Crippen LogP contribution in [-0.4, -0.2) is 34.4 Å². The Hall–Kier alpha value is -3.28. The van der Waals surface area contributed by atoms with E-state index in [1.807, 2.05) is 62.1 Å². The van der Waals surface area contributed by atoms with E-state index in [0.29, 0.717) is 23.4 Å². The third kappa shape index (κ3) is 3.77. The smallest absolute Gasteiger partial charge is 0.257 e. The Morgan fingerprint density at radius 3 is 2.50 bits per heavy atom. The summed E-state index contributed by atoms with van der Waals surface area (Å²) in [4.78, 5) is 27.8. The Labute approximate surface area is 176 Å². The summed E-state index contributed by atoms with van der Waals surface area (Å²) >= 11 is 0. The number of likely N-dealkylation sites (tertiary alicyclic amines) is 1. The molecular formula is C24H27N3O3. The second kappa shape index (κ2) is 8.22. The Balaban J connectivity index is 1.56. The Kier molecular flexibility index (Phi) is 5.48. The summed E-state index contributed by atoms with van der Waals surface area (Å²) in [5, 5.41) is 3.01. The molecule has 6 nitrogen and oxygen atoms in total. The number of carbonyl (C=O) groups is 2. The molecule has 156 valence electrons. The molecule has 4 rings (SSSR count). The number of nitrogens with zero attached hydrogens (tertiary/aromatic N) is 2. The summed E-state index contributed by atoms with van der Waals surface area (Å²) in [6.45, 7) is 7.99. The minimum absolute atomic E-state index is 0.0396. The van der Waals surface area contributed by atoms with Crippen LogP contribution in [0.15, 0.2) is 47.1 Å². The lowest BCUT2D eigenvalue weighted by Gasteiger charge is -2.18. The summed E-state index contributed by atoms with van der Waals surface area (Å²) < 4.78 is 7.51. The maximum atomic E-state index is 13.0. The fourth-order valence-corrected chi connectivity index (χ4v) is 4.12. The number of hydrogen-bond donors (Lipinski definition) is 1. The lowest BCUT2D eigenvalue weighted by molar-refractivity contribution is 0.0791. The van der Waals surface area contributed by atoms with Crippen molar-refractivity contribution >= 4 is 17.5 Å². The van der Waals surface area contributed by atoms with Crippen LogP contribution in [0.4, 0.5) is 5.69 Å². The van der Waals surface area contributed by atoms with Crippen molar-refractivity contribution in [1.29, 1.82) is 0 Å². The second-order valence-corrected chi connectivity index (χ2v) is 7.88. The fourth-order valence-electron chi connectivity index (χ4n) is 4.12. The molecule has 0 radical (unpaired) electrons. The Bertz CT molecular complexity index is 1070. The molecular weight excluding hydrogens is 378 g/mol. The molecule has 0 saturated carbocycles. The fraction of sp³-hybridized carbons (Fsp3) is 0.333. The standard InChI is InChI=1S/C24H27N3O3/c1-16-14-21(18(3)27(16)15-19-8-7-13-30-19)23(28)25-22-10-6-9-20(17(22)2)24(29)26-11-4-5-12-26/h6-10,13-14H,4-5,11-12,15H2,1-3H3,(H,25,28). The van der Waals surface area contributed by atoms with Crippen molar-refractivity contribution in [3.63, 3.8) is 0 Å². The molecule has 0 spiro atoms. The molecule has 2 amide bonds. The molecule has 1 aromatic carbocycles. The van der Waals surface area contributed by atoms with Gasteiger partial charge >= 0.3 is 0 Å². The van der Waals surface area contributed by atoms with Gasteiger partial charge < -0.3 is 19.2 Å². The number of amides is 2. The van der Waals surface area contributed by atoms with Crippen molar-refractivity contribution in [3.05, 3.63) is 76.5 Å². The third-order valence-corrected chi connectivity index (χ3v) is 5.92. The number of rotatable bonds is 5. The van der Waals surface area contributed by atoms with Crippen LogP contribution in [-0.2, 0) is 6.54 Å². The van der Waals surface area contributed by atoms with E-state index in [9.17, 15) is 9.59 Å². The topological polar surface area (TPSA) is 67.5 Å². The van der Waals surface area contributed by atoms with Gasteiger partial charge in [0, 0.05) is 35.7 Å². The van der Waals surface area contributed by atoms with Crippen LogP contribution in [0.25, 0.3) is 0 Å². The van der Waals surface area contributed by atoms with Gasteiger partial charge in [0.2, 0.25) is 0 Å². The van der Waals surface area contributed by atoms with Crippen molar-refractivity contribution in [3.8, 4) is 0 Å². The zero-order valence-corrected chi connectivity index (χ0v) is 17.7. The highest BCUT2D eigenvalue weighted by Gasteiger charge is 2.23. The maximum absolute atomic E-state index is 13.0. The van der Waals surface area contributed by atoms with Crippen molar-refractivity contribution in [1.82, 2.24) is 9.47 Å². The first-order valence-electron chi connectivity index (χ1n) is 10.3. The summed E-state index contributed by atoms with van der Waals surface area (Å²) in [5.74, 6) is 0.702. The lowest BCUT2D eigenvalue weighted by Crippen LogP contribution is -2.28. The molecule has 1 aliphatic rings. The van der Waals surface area contributed by atoms with Crippen LogP contribution in [0.2, 0.25) is 0 Å². The number of hydrogen-bond acceptors (Lipinski definition) is 3. The van der Waals surface area contributed by atoms with Crippen LogP contribution in [0.3, 0.4) is 0 Å². The van der Waals surface area contributed by atoms with Crippen molar-refractivity contribution < 1.29 is 14.0 Å². The van der Waals surface area contributed by atoms with E-state index in [1.165, 1.54) is 0 Å². The quantitative estimate of drug-likeness (QED) is 0.677. The Morgan fingerprint density at radius 2 is 1.80 bits per heavy atom. The lowest BCUT2D eigenvalue weighted by atomic mass is 10.0. The molecule has 0 bridgehead atoms. The van der Waals surface area contributed by atoms with E-state index < -0.39 is 0 Å². The number of aryl methyl sites for hydroxylation is 1. The van der Waals surface area contributed by atoms with Crippen molar-refractivity contribution in [2.75, 3.05) is 18.4 Å². The highest BCUT2D eigenvalue weighted by Crippen LogP contribution is 2.24. The molecule has 1 saturated heterocycles. The highest BCUT2D eigenvalue weighted by molar-refractivity contribution is 6.07. The van der Waals surface area contributed by atoms with Crippen LogP contribution < -0.4 is 5.32 Å². The van der Waals surface area contributed by atoms with Gasteiger partial charge in [0.1, 0.15) is 5.76 Å². The van der Waals surface area contributed by atoms with Gasteiger partial charge in [-0.2, -0.15) is 0 Å². The van der Waals surface area contributed by atoms with Gasteiger partial charge in [-0.3, -0.25) is 9.59 Å². The van der Waals surface area contributed by atoms with Crippen LogP contribution in [0.5, 0.6) is 0 Å². The van der Waals surface area contributed by atoms with Crippen LogP contribution in [0, 0.1) is 20.8 Å². The molecule has 0 aliphatic carbocycles. The first-order chi connectivity index (χ1) is 14.5. The zero-order valence-electron chi connectivity index (χ0n) is 17.7. The largest absolute Gasteiger partial charge is 0.467 e. The summed E-state index contributed by atoms with van der Waals surface area (Å²) in [6.07, 6.45) is 3.75. The van der Waals surface area contributed by atoms with Crippen molar-refractivity contribution in [2.45, 2.75) is 40.2 Å². The van der Waals surface area contributed by atoms with Gasteiger partial charge in [0.05, 0.1) is 18.4 Å². The number of furan rings is 1. The van der Waals surface area contributed by atoms with Gasteiger partial charge in [-0.15, -0.1) is 0 Å².